The van der Waals surface area contributed by atoms with Crippen molar-refractivity contribution >= 4 is 65.4 Å². The lowest BCUT2D eigenvalue weighted by Gasteiger charge is -2.02. The van der Waals surface area contributed by atoms with Gasteiger partial charge in [-0.1, -0.05) is 0 Å². The van der Waals surface area contributed by atoms with Gasteiger partial charge in [0.2, 0.25) is 0 Å². The number of rotatable bonds is 0. The van der Waals surface area contributed by atoms with E-state index in [1.807, 2.05) is 13.8 Å². The highest BCUT2D eigenvalue weighted by Crippen LogP contribution is 2.39. The number of carbonyl (C=O) groups excluding carboxylic acids is 1. The van der Waals surface area contributed by atoms with Crippen LogP contribution in [-0.4, -0.2) is 27.3 Å². The van der Waals surface area contributed by atoms with Gasteiger partial charge in [0, 0.05) is 29.8 Å². The maximum atomic E-state index is 11.1. The Hall–Kier alpha value is -1.11. The number of nitrogens with one attached hydrogen (secondary N) is 1. The first kappa shape index (κ1) is 21.1. The van der Waals surface area contributed by atoms with Crippen molar-refractivity contribution in [1.82, 2.24) is 14.8 Å². The van der Waals surface area contributed by atoms with E-state index < -0.39 is 0 Å². The number of halogens is 2. The molecule has 29 heavy (non-hydrogen) atoms. The molecule has 0 radical (unpaired) electrons. The summed E-state index contributed by atoms with van der Waals surface area (Å²) in [5.74, 6) is 1.72. The SMILES string of the molecule is Cc1sc2c(c1Br)COCC(=O)N2.Cc1sc2c(c1Br)COCc1nnc(C)n1-2. The minimum absolute atomic E-state index is 0.0764. The van der Waals surface area contributed by atoms with Crippen molar-refractivity contribution in [3.63, 3.8) is 0 Å². The van der Waals surface area contributed by atoms with Crippen molar-refractivity contribution in [3.05, 3.63) is 41.5 Å². The Balaban J connectivity index is 0.000000145. The van der Waals surface area contributed by atoms with E-state index in [0.717, 1.165) is 36.0 Å². The Labute approximate surface area is 192 Å². The van der Waals surface area contributed by atoms with Crippen molar-refractivity contribution in [2.45, 2.75) is 40.6 Å². The van der Waals surface area contributed by atoms with Crippen molar-refractivity contribution in [1.29, 1.82) is 0 Å². The highest BCUT2D eigenvalue weighted by Gasteiger charge is 2.23. The molecule has 154 valence electrons. The van der Waals surface area contributed by atoms with E-state index >= 15 is 0 Å². The molecule has 3 aromatic rings. The molecule has 3 aromatic heterocycles. The van der Waals surface area contributed by atoms with Crippen LogP contribution in [0.5, 0.6) is 0 Å². The molecular weight excluding hydrogens is 544 g/mol. The smallest absolute Gasteiger partial charge is 0.250 e. The molecule has 11 heteroatoms. The molecule has 0 saturated heterocycles. The first-order valence-electron chi connectivity index (χ1n) is 8.79. The Bertz CT molecular complexity index is 1090. The fourth-order valence-corrected chi connectivity index (χ4v) is 6.53. The number of amides is 1. The van der Waals surface area contributed by atoms with Gasteiger partial charge in [0.25, 0.3) is 5.91 Å². The average Bonchev–Trinajstić information content (AvgIpc) is 3.14. The molecule has 0 unspecified atom stereocenters. The largest absolute Gasteiger partial charge is 0.369 e. The lowest BCUT2D eigenvalue weighted by Crippen LogP contribution is -2.14. The maximum absolute atomic E-state index is 11.1. The number of ether oxygens (including phenoxy) is 2. The van der Waals surface area contributed by atoms with Crippen LogP contribution in [0.25, 0.3) is 5.00 Å². The third kappa shape index (κ3) is 4.08. The van der Waals surface area contributed by atoms with Gasteiger partial charge in [-0.05, 0) is 52.6 Å². The molecule has 0 aliphatic carbocycles. The third-order valence-corrected chi connectivity index (χ3v) is 9.36. The van der Waals surface area contributed by atoms with E-state index in [2.05, 4.69) is 58.9 Å². The van der Waals surface area contributed by atoms with Gasteiger partial charge < -0.3 is 14.8 Å². The fourth-order valence-electron chi connectivity index (χ4n) is 3.08. The van der Waals surface area contributed by atoms with Crippen LogP contribution < -0.4 is 5.32 Å². The van der Waals surface area contributed by atoms with E-state index in [0.29, 0.717) is 19.8 Å². The second kappa shape index (κ2) is 8.56. The van der Waals surface area contributed by atoms with Crippen LogP contribution in [-0.2, 0) is 34.1 Å². The molecule has 0 saturated carbocycles. The lowest BCUT2D eigenvalue weighted by molar-refractivity contribution is -0.120. The highest BCUT2D eigenvalue weighted by atomic mass is 79.9. The predicted octanol–water partition coefficient (Wildman–Crippen LogP) is 5.03. The standard InChI is InChI=1S/C10H10BrN3OS.C8H8BrNO2S/c1-5-9(11)7-3-15-4-8-13-12-6(2)14(8)10(7)16-5;1-4-7(9)5-2-12-3-6(11)10-8(5)13-4/h3-4H2,1-2H3;2-3H2,1H3,(H,10,11). The highest BCUT2D eigenvalue weighted by molar-refractivity contribution is 9.11. The number of fused-ring (bicyclic) bond motifs is 4. The zero-order valence-corrected chi connectivity index (χ0v) is 20.8. The molecule has 0 spiro atoms. The quantitative estimate of drug-likeness (QED) is 0.416. The van der Waals surface area contributed by atoms with Gasteiger partial charge in [0.15, 0.2) is 5.82 Å². The van der Waals surface area contributed by atoms with E-state index in [9.17, 15) is 4.79 Å². The summed E-state index contributed by atoms with van der Waals surface area (Å²) in [4.78, 5) is 13.5. The van der Waals surface area contributed by atoms with Crippen molar-refractivity contribution in [3.8, 4) is 5.00 Å². The van der Waals surface area contributed by atoms with Crippen LogP contribution in [0.1, 0.15) is 32.5 Å². The molecule has 0 atom stereocenters. The zero-order chi connectivity index (χ0) is 20.7. The molecule has 7 nitrogen and oxygen atoms in total. The van der Waals surface area contributed by atoms with Crippen LogP contribution in [0.15, 0.2) is 8.95 Å². The topological polar surface area (TPSA) is 78.3 Å². The molecule has 5 rings (SSSR count). The average molecular weight is 562 g/mol. The number of aryl methyl sites for hydroxylation is 3. The number of hydrogen-bond acceptors (Lipinski definition) is 7. The first-order chi connectivity index (χ1) is 13.9. The van der Waals surface area contributed by atoms with Crippen LogP contribution in [0.2, 0.25) is 0 Å². The van der Waals surface area contributed by atoms with E-state index in [1.165, 1.54) is 15.4 Å². The molecule has 0 aromatic carbocycles. The zero-order valence-electron chi connectivity index (χ0n) is 16.0. The molecule has 2 aliphatic rings. The number of aromatic nitrogens is 3. The predicted molar refractivity (Wildman–Crippen MR) is 120 cm³/mol. The molecule has 5 heterocycles. The fraction of sp³-hybridized carbons (Fsp3) is 0.389. The monoisotopic (exact) mass is 560 g/mol. The van der Waals surface area contributed by atoms with E-state index in [-0.39, 0.29) is 12.5 Å². The van der Waals surface area contributed by atoms with Gasteiger partial charge in [-0.3, -0.25) is 9.36 Å². The minimum atomic E-state index is -0.0764. The summed E-state index contributed by atoms with van der Waals surface area (Å²) < 4.78 is 15.1. The summed E-state index contributed by atoms with van der Waals surface area (Å²) in [7, 11) is 0. The Morgan fingerprint density at radius 3 is 2.38 bits per heavy atom. The van der Waals surface area contributed by atoms with Crippen LogP contribution >= 0.6 is 54.5 Å². The lowest BCUT2D eigenvalue weighted by atomic mass is 10.3. The number of nitrogens with zero attached hydrogens (tertiary/aromatic N) is 3. The molecular formula is C18H18Br2N4O3S2. The van der Waals surface area contributed by atoms with Gasteiger partial charge in [-0.25, -0.2) is 0 Å². The second-order valence-corrected chi connectivity index (χ2v) is 10.6. The molecule has 1 amide bonds. The van der Waals surface area contributed by atoms with Gasteiger partial charge in [0.05, 0.1) is 13.2 Å². The number of carbonyl (C=O) groups is 1. The number of anilines is 1. The number of hydrogen-bond donors (Lipinski definition) is 1. The van der Waals surface area contributed by atoms with E-state index in [4.69, 9.17) is 9.47 Å². The summed E-state index contributed by atoms with van der Waals surface area (Å²) in [5.41, 5.74) is 2.25. The summed E-state index contributed by atoms with van der Waals surface area (Å²) >= 11 is 10.4. The minimum Gasteiger partial charge on any atom is -0.369 e. The summed E-state index contributed by atoms with van der Waals surface area (Å²) in [5, 5.41) is 13.1. The summed E-state index contributed by atoms with van der Waals surface area (Å²) in [6.07, 6.45) is 0. The van der Waals surface area contributed by atoms with Gasteiger partial charge in [-0.15, -0.1) is 32.9 Å². The van der Waals surface area contributed by atoms with Gasteiger partial charge in [0.1, 0.15) is 29.0 Å². The Morgan fingerprint density at radius 1 is 0.931 bits per heavy atom. The first-order valence-corrected chi connectivity index (χ1v) is 12.0. The Morgan fingerprint density at radius 2 is 1.59 bits per heavy atom. The maximum Gasteiger partial charge on any atom is 0.250 e. The van der Waals surface area contributed by atoms with Crippen molar-refractivity contribution in [2.75, 3.05) is 11.9 Å². The molecule has 2 aliphatic heterocycles. The van der Waals surface area contributed by atoms with Crippen LogP contribution in [0, 0.1) is 20.8 Å². The summed E-state index contributed by atoms with van der Waals surface area (Å²) in [6.45, 7) is 7.87. The normalized spacial score (nSPS) is 15.3. The van der Waals surface area contributed by atoms with Crippen LogP contribution in [0.4, 0.5) is 5.00 Å². The van der Waals surface area contributed by atoms with Gasteiger partial charge in [-0.2, -0.15) is 0 Å². The summed E-state index contributed by atoms with van der Waals surface area (Å²) in [6, 6.07) is 0. The molecule has 0 fully saturated rings. The molecule has 1 N–H and O–H groups in total. The second-order valence-electron chi connectivity index (χ2n) is 6.57. The van der Waals surface area contributed by atoms with Crippen molar-refractivity contribution in [2.24, 2.45) is 0 Å². The van der Waals surface area contributed by atoms with Gasteiger partial charge >= 0.3 is 0 Å². The number of thiophene rings is 2. The van der Waals surface area contributed by atoms with E-state index in [1.54, 1.807) is 22.7 Å². The Kier molecular flexibility index (Phi) is 6.24. The molecule has 0 bridgehead atoms. The van der Waals surface area contributed by atoms with Crippen LogP contribution in [0.3, 0.4) is 0 Å². The van der Waals surface area contributed by atoms with Crippen molar-refractivity contribution < 1.29 is 14.3 Å². The third-order valence-electron chi connectivity index (χ3n) is 4.49.